The number of hydrogen-bond acceptors (Lipinski definition) is 5. The van der Waals surface area contributed by atoms with Crippen LogP contribution in [0.15, 0.2) is 48.5 Å². The number of rotatable bonds is 6. The zero-order valence-corrected chi connectivity index (χ0v) is 13.8. The van der Waals surface area contributed by atoms with Crippen molar-refractivity contribution in [2.75, 3.05) is 7.11 Å². The minimum absolute atomic E-state index is 0.0850. The number of hydrogen-bond donors (Lipinski definition) is 0. The normalized spacial score (nSPS) is 11.0. The van der Waals surface area contributed by atoms with Gasteiger partial charge in [0.2, 0.25) is 5.75 Å². The van der Waals surface area contributed by atoms with Crippen molar-refractivity contribution in [3.05, 3.63) is 69.8 Å². The van der Waals surface area contributed by atoms with Gasteiger partial charge in [-0.05, 0) is 19.4 Å². The molecule has 0 saturated heterocycles. The van der Waals surface area contributed by atoms with Crippen LogP contribution in [0.1, 0.15) is 25.0 Å². The highest BCUT2D eigenvalue weighted by Crippen LogP contribution is 2.39. The van der Waals surface area contributed by atoms with Crippen LogP contribution < -0.4 is 4.74 Å². The monoisotopic (exact) mass is 329 g/mol. The summed E-state index contributed by atoms with van der Waals surface area (Å²) < 4.78 is 10.6. The smallest absolute Gasteiger partial charge is 0.315 e. The van der Waals surface area contributed by atoms with Gasteiger partial charge < -0.3 is 9.47 Å². The maximum atomic E-state index is 12.1. The van der Waals surface area contributed by atoms with E-state index in [4.69, 9.17) is 9.47 Å². The van der Waals surface area contributed by atoms with Gasteiger partial charge in [0.15, 0.2) is 0 Å². The fourth-order valence-electron chi connectivity index (χ4n) is 2.41. The van der Waals surface area contributed by atoms with Crippen molar-refractivity contribution in [2.24, 2.45) is 0 Å². The quantitative estimate of drug-likeness (QED) is 0.459. The lowest BCUT2D eigenvalue weighted by atomic mass is 9.83. The van der Waals surface area contributed by atoms with Gasteiger partial charge in [-0.15, -0.1) is 0 Å². The summed E-state index contributed by atoms with van der Waals surface area (Å²) in [5.41, 5.74) is 0.0321. The zero-order chi connectivity index (χ0) is 17.7. The van der Waals surface area contributed by atoms with E-state index in [2.05, 4.69) is 0 Å². The number of esters is 1. The molecule has 2 aromatic carbocycles. The van der Waals surface area contributed by atoms with Gasteiger partial charge in [-0.3, -0.25) is 14.9 Å². The molecular formula is C18H19NO5. The second kappa shape index (κ2) is 7.12. The summed E-state index contributed by atoms with van der Waals surface area (Å²) in [5.74, 6) is -0.408. The first-order valence-electron chi connectivity index (χ1n) is 7.41. The van der Waals surface area contributed by atoms with Crippen molar-refractivity contribution in [1.29, 1.82) is 0 Å². The molecule has 2 aromatic rings. The molecule has 0 heterocycles. The fraction of sp³-hybridized carbons (Fsp3) is 0.278. The maximum Gasteiger partial charge on any atom is 0.315 e. The fourth-order valence-corrected chi connectivity index (χ4v) is 2.41. The predicted octanol–water partition coefficient (Wildman–Crippen LogP) is 3.62. The van der Waals surface area contributed by atoms with Gasteiger partial charge in [-0.2, -0.15) is 0 Å². The minimum atomic E-state index is -1.08. The molecule has 0 aromatic heterocycles. The van der Waals surface area contributed by atoms with Crippen LogP contribution in [0.4, 0.5) is 5.69 Å². The molecule has 0 atom stereocenters. The number of benzene rings is 2. The predicted molar refractivity (Wildman–Crippen MR) is 88.9 cm³/mol. The molecule has 0 saturated carbocycles. The van der Waals surface area contributed by atoms with E-state index in [1.807, 2.05) is 30.3 Å². The van der Waals surface area contributed by atoms with Crippen molar-refractivity contribution in [3.8, 4) is 5.75 Å². The number of nitrogens with zero attached hydrogens (tertiary/aromatic N) is 1. The second-order valence-corrected chi connectivity index (χ2v) is 5.80. The van der Waals surface area contributed by atoms with Crippen molar-refractivity contribution in [1.82, 2.24) is 0 Å². The third-order valence-corrected chi connectivity index (χ3v) is 3.79. The first-order valence-corrected chi connectivity index (χ1v) is 7.41. The van der Waals surface area contributed by atoms with Gasteiger partial charge in [0.05, 0.1) is 17.4 Å². The summed E-state index contributed by atoms with van der Waals surface area (Å²) in [6, 6.07) is 13.9. The van der Waals surface area contributed by atoms with Crippen LogP contribution in [-0.4, -0.2) is 18.0 Å². The number of ether oxygens (including phenoxy) is 2. The van der Waals surface area contributed by atoms with E-state index >= 15 is 0 Å². The van der Waals surface area contributed by atoms with Gasteiger partial charge in [0.25, 0.3) is 0 Å². The lowest BCUT2D eigenvalue weighted by Crippen LogP contribution is -2.31. The van der Waals surface area contributed by atoms with Crippen LogP contribution in [0.5, 0.6) is 5.75 Å². The molecule has 0 aliphatic heterocycles. The van der Waals surface area contributed by atoms with Gasteiger partial charge in [-0.1, -0.05) is 42.5 Å². The molecule has 0 aliphatic rings. The topological polar surface area (TPSA) is 78.7 Å². The largest absolute Gasteiger partial charge is 0.482 e. The number of para-hydroxylation sites is 1. The third-order valence-electron chi connectivity index (χ3n) is 3.79. The van der Waals surface area contributed by atoms with Gasteiger partial charge in [0, 0.05) is 11.6 Å². The number of carbonyl (C=O) groups is 1. The molecule has 0 spiro atoms. The Labute approximate surface area is 140 Å². The average Bonchev–Trinajstić information content (AvgIpc) is 2.59. The van der Waals surface area contributed by atoms with Crippen molar-refractivity contribution < 1.29 is 19.2 Å². The van der Waals surface area contributed by atoms with E-state index in [-0.39, 0.29) is 18.0 Å². The average molecular weight is 329 g/mol. The number of nitro groups is 1. The van der Waals surface area contributed by atoms with Crippen LogP contribution in [0, 0.1) is 10.1 Å². The Morgan fingerprint density at radius 3 is 2.38 bits per heavy atom. The Morgan fingerprint density at radius 1 is 1.12 bits per heavy atom. The summed E-state index contributed by atoms with van der Waals surface area (Å²) in [5, 5.41) is 11.4. The van der Waals surface area contributed by atoms with Gasteiger partial charge in [-0.25, -0.2) is 0 Å². The first kappa shape index (κ1) is 17.5. The van der Waals surface area contributed by atoms with Crippen LogP contribution >= 0.6 is 0 Å². The Kier molecular flexibility index (Phi) is 5.18. The highest BCUT2D eigenvalue weighted by Gasteiger charge is 2.36. The molecule has 6 heteroatoms. The van der Waals surface area contributed by atoms with E-state index in [9.17, 15) is 14.9 Å². The Hall–Kier alpha value is -2.89. The molecule has 0 aliphatic carbocycles. The van der Waals surface area contributed by atoms with Crippen molar-refractivity contribution in [3.63, 3.8) is 0 Å². The molecule has 6 nitrogen and oxygen atoms in total. The molecular weight excluding hydrogens is 310 g/mol. The van der Waals surface area contributed by atoms with E-state index in [0.717, 1.165) is 5.56 Å². The molecule has 0 amide bonds. The standard InChI is InChI=1S/C18H19NO5/c1-18(2,17(20)23-3)14-10-7-11-15(19(21)22)16(14)24-12-13-8-5-4-6-9-13/h4-11H,12H2,1-3H3. The number of nitro benzene ring substituents is 1. The van der Waals surface area contributed by atoms with Gasteiger partial charge >= 0.3 is 11.7 Å². The Bertz CT molecular complexity index is 740. The SMILES string of the molecule is COC(=O)C(C)(C)c1cccc([N+](=O)[O-])c1OCc1ccccc1. The Morgan fingerprint density at radius 2 is 1.79 bits per heavy atom. The van der Waals surface area contributed by atoms with Gasteiger partial charge in [0.1, 0.15) is 6.61 Å². The molecule has 0 unspecified atom stereocenters. The lowest BCUT2D eigenvalue weighted by molar-refractivity contribution is -0.386. The molecule has 0 radical (unpaired) electrons. The van der Waals surface area contributed by atoms with Crippen LogP contribution in [0.3, 0.4) is 0 Å². The van der Waals surface area contributed by atoms with Crippen LogP contribution in [0.25, 0.3) is 0 Å². The zero-order valence-electron chi connectivity index (χ0n) is 13.8. The number of methoxy groups -OCH3 is 1. The van der Waals surface area contributed by atoms with E-state index in [0.29, 0.717) is 5.56 Å². The highest BCUT2D eigenvalue weighted by atomic mass is 16.6. The molecule has 24 heavy (non-hydrogen) atoms. The third kappa shape index (κ3) is 3.53. The summed E-state index contributed by atoms with van der Waals surface area (Å²) in [7, 11) is 1.28. The molecule has 0 fully saturated rings. The summed E-state index contributed by atoms with van der Waals surface area (Å²) in [6.07, 6.45) is 0. The van der Waals surface area contributed by atoms with Crippen molar-refractivity contribution >= 4 is 11.7 Å². The minimum Gasteiger partial charge on any atom is -0.482 e. The summed E-state index contributed by atoms with van der Waals surface area (Å²) in [6.45, 7) is 3.45. The van der Waals surface area contributed by atoms with Crippen molar-refractivity contribution in [2.45, 2.75) is 25.9 Å². The number of carbonyl (C=O) groups excluding carboxylic acids is 1. The molecule has 0 bridgehead atoms. The first-order chi connectivity index (χ1) is 11.4. The Balaban J connectivity index is 2.46. The maximum absolute atomic E-state index is 12.1. The van der Waals surface area contributed by atoms with Crippen LogP contribution in [-0.2, 0) is 21.6 Å². The lowest BCUT2D eigenvalue weighted by Gasteiger charge is -2.24. The van der Waals surface area contributed by atoms with Crippen LogP contribution in [0.2, 0.25) is 0 Å². The second-order valence-electron chi connectivity index (χ2n) is 5.80. The van der Waals surface area contributed by atoms with E-state index in [1.54, 1.807) is 19.9 Å². The van der Waals surface area contributed by atoms with E-state index in [1.165, 1.54) is 19.2 Å². The highest BCUT2D eigenvalue weighted by molar-refractivity contribution is 5.84. The molecule has 126 valence electrons. The molecule has 2 rings (SSSR count). The summed E-state index contributed by atoms with van der Waals surface area (Å²) >= 11 is 0. The van der Waals surface area contributed by atoms with E-state index < -0.39 is 16.3 Å². The molecule has 0 N–H and O–H groups in total. The summed E-state index contributed by atoms with van der Waals surface area (Å²) in [4.78, 5) is 22.9.